The zero-order valence-corrected chi connectivity index (χ0v) is 14.0. The Kier molecular flexibility index (Phi) is 4.87. The molecule has 1 aromatic heterocycles. The number of nitrogens with one attached hydrogen (secondary N) is 1. The molecule has 0 fully saturated rings. The molecule has 0 amide bonds. The SMILES string of the molecule is N#Cc1ccc(Sc2nnc(Nc3cccc(F)c3)s2)c([N+](=O)[O-])c1. The molecular formula is C15H8FN5O2S2. The first-order valence-electron chi connectivity index (χ1n) is 6.77. The summed E-state index contributed by atoms with van der Waals surface area (Å²) in [6, 6.07) is 12.0. The minimum absolute atomic E-state index is 0.168. The molecule has 7 nitrogen and oxygen atoms in total. The van der Waals surface area contributed by atoms with E-state index in [4.69, 9.17) is 5.26 Å². The highest BCUT2D eigenvalue weighted by atomic mass is 32.2. The fourth-order valence-corrected chi connectivity index (χ4v) is 3.72. The number of aromatic nitrogens is 2. The number of hydrogen-bond donors (Lipinski definition) is 1. The van der Waals surface area contributed by atoms with E-state index in [1.54, 1.807) is 12.1 Å². The third kappa shape index (κ3) is 4.09. The van der Waals surface area contributed by atoms with E-state index in [2.05, 4.69) is 15.5 Å². The van der Waals surface area contributed by atoms with Gasteiger partial charge < -0.3 is 5.32 Å². The molecule has 3 rings (SSSR count). The Morgan fingerprint density at radius 1 is 1.28 bits per heavy atom. The molecule has 0 saturated heterocycles. The third-order valence-corrected chi connectivity index (χ3v) is 4.92. The zero-order chi connectivity index (χ0) is 17.8. The molecule has 2 aromatic carbocycles. The highest BCUT2D eigenvalue weighted by Crippen LogP contribution is 2.38. The molecule has 124 valence electrons. The largest absolute Gasteiger partial charge is 0.330 e. The smallest absolute Gasteiger partial charge is 0.284 e. The van der Waals surface area contributed by atoms with E-state index < -0.39 is 4.92 Å². The van der Waals surface area contributed by atoms with Crippen molar-refractivity contribution in [1.82, 2.24) is 10.2 Å². The quantitative estimate of drug-likeness (QED) is 0.523. The van der Waals surface area contributed by atoms with Gasteiger partial charge in [-0.3, -0.25) is 10.1 Å². The van der Waals surface area contributed by atoms with Gasteiger partial charge in [0.15, 0.2) is 4.34 Å². The Labute approximate surface area is 149 Å². The van der Waals surface area contributed by atoms with Crippen molar-refractivity contribution >= 4 is 39.6 Å². The first-order chi connectivity index (χ1) is 12.0. The van der Waals surface area contributed by atoms with Crippen LogP contribution in [0.5, 0.6) is 0 Å². The first-order valence-corrected chi connectivity index (χ1v) is 8.41. The molecule has 0 aliphatic rings. The van der Waals surface area contributed by atoms with Crippen molar-refractivity contribution in [2.75, 3.05) is 5.32 Å². The van der Waals surface area contributed by atoms with Crippen LogP contribution in [0.3, 0.4) is 0 Å². The maximum Gasteiger partial charge on any atom is 0.284 e. The molecule has 1 N–H and O–H groups in total. The zero-order valence-electron chi connectivity index (χ0n) is 12.3. The number of benzene rings is 2. The van der Waals surface area contributed by atoms with Crippen molar-refractivity contribution < 1.29 is 9.31 Å². The summed E-state index contributed by atoms with van der Waals surface area (Å²) in [5.41, 5.74) is 0.567. The van der Waals surface area contributed by atoms with Crippen molar-refractivity contribution in [3.63, 3.8) is 0 Å². The van der Waals surface area contributed by atoms with Crippen LogP contribution in [0, 0.1) is 27.3 Å². The summed E-state index contributed by atoms with van der Waals surface area (Å²) in [5, 5.41) is 31.3. The van der Waals surface area contributed by atoms with Crippen molar-refractivity contribution in [2.45, 2.75) is 9.24 Å². The number of nitriles is 1. The van der Waals surface area contributed by atoms with Crippen LogP contribution in [-0.2, 0) is 0 Å². The fraction of sp³-hybridized carbons (Fsp3) is 0. The van der Waals surface area contributed by atoms with Crippen LogP contribution in [0.15, 0.2) is 51.7 Å². The molecule has 1 heterocycles. The number of hydrogen-bond acceptors (Lipinski definition) is 8. The van der Waals surface area contributed by atoms with Crippen molar-refractivity contribution in [1.29, 1.82) is 5.26 Å². The lowest BCUT2D eigenvalue weighted by molar-refractivity contribution is -0.387. The van der Waals surface area contributed by atoms with Gasteiger partial charge >= 0.3 is 0 Å². The summed E-state index contributed by atoms with van der Waals surface area (Å²) in [4.78, 5) is 11.0. The Balaban J connectivity index is 1.80. The molecule has 3 aromatic rings. The standard InChI is InChI=1S/C15H8FN5O2S2/c16-10-2-1-3-11(7-10)18-14-19-20-15(25-14)24-13-5-4-9(8-17)6-12(13)21(22)23/h1-7H,(H,18,19). The van der Waals surface area contributed by atoms with Crippen LogP contribution in [-0.4, -0.2) is 15.1 Å². The molecule has 0 aliphatic carbocycles. The molecule has 0 aliphatic heterocycles. The predicted octanol–water partition coefficient (Wildman–Crippen LogP) is 4.35. The molecule has 25 heavy (non-hydrogen) atoms. The van der Waals surface area contributed by atoms with E-state index in [1.165, 1.54) is 41.7 Å². The van der Waals surface area contributed by atoms with Gasteiger partial charge in [0.1, 0.15) is 5.82 Å². The van der Waals surface area contributed by atoms with Gasteiger partial charge in [0.05, 0.1) is 21.5 Å². The normalized spacial score (nSPS) is 10.2. The van der Waals surface area contributed by atoms with Gasteiger partial charge in [0.2, 0.25) is 5.13 Å². The van der Waals surface area contributed by atoms with E-state index in [0.29, 0.717) is 20.1 Å². The van der Waals surface area contributed by atoms with Gasteiger partial charge in [-0.2, -0.15) is 5.26 Å². The maximum absolute atomic E-state index is 13.2. The Bertz CT molecular complexity index is 986. The number of anilines is 2. The van der Waals surface area contributed by atoms with Crippen LogP contribution < -0.4 is 5.32 Å². The fourth-order valence-electron chi connectivity index (χ4n) is 1.90. The lowest BCUT2D eigenvalue weighted by Crippen LogP contribution is -1.91. The average molecular weight is 373 g/mol. The number of nitro groups is 1. The molecule has 0 radical (unpaired) electrons. The molecular weight excluding hydrogens is 365 g/mol. The van der Waals surface area contributed by atoms with E-state index in [9.17, 15) is 14.5 Å². The number of nitrogens with zero attached hydrogens (tertiary/aromatic N) is 4. The third-order valence-electron chi connectivity index (χ3n) is 2.96. The second-order valence-corrected chi connectivity index (χ2v) is 6.93. The molecule has 0 unspecified atom stereocenters. The lowest BCUT2D eigenvalue weighted by atomic mass is 10.2. The van der Waals surface area contributed by atoms with Crippen molar-refractivity contribution in [3.8, 4) is 6.07 Å². The van der Waals surface area contributed by atoms with Crippen LogP contribution in [0.4, 0.5) is 20.9 Å². The predicted molar refractivity (Wildman–Crippen MR) is 91.5 cm³/mol. The number of halogens is 1. The van der Waals surface area contributed by atoms with Crippen LogP contribution in [0.2, 0.25) is 0 Å². The van der Waals surface area contributed by atoms with E-state index >= 15 is 0 Å². The van der Waals surface area contributed by atoms with Gasteiger partial charge in [0, 0.05) is 11.8 Å². The summed E-state index contributed by atoms with van der Waals surface area (Å²) >= 11 is 2.25. The van der Waals surface area contributed by atoms with Gasteiger partial charge in [-0.1, -0.05) is 17.4 Å². The molecule has 0 bridgehead atoms. The van der Waals surface area contributed by atoms with E-state index in [1.807, 2.05) is 6.07 Å². The number of nitro benzene ring substituents is 1. The summed E-state index contributed by atoms with van der Waals surface area (Å²) in [7, 11) is 0. The van der Waals surface area contributed by atoms with Crippen LogP contribution >= 0.6 is 23.1 Å². The maximum atomic E-state index is 13.2. The molecule has 0 spiro atoms. The van der Waals surface area contributed by atoms with E-state index in [-0.39, 0.29) is 17.1 Å². The molecule has 10 heteroatoms. The van der Waals surface area contributed by atoms with Gasteiger partial charge in [-0.25, -0.2) is 4.39 Å². The highest BCUT2D eigenvalue weighted by Gasteiger charge is 2.18. The van der Waals surface area contributed by atoms with Gasteiger partial charge in [-0.15, -0.1) is 10.2 Å². The topological polar surface area (TPSA) is 105 Å². The second-order valence-electron chi connectivity index (χ2n) is 4.66. The summed E-state index contributed by atoms with van der Waals surface area (Å²) < 4.78 is 13.7. The Morgan fingerprint density at radius 3 is 2.84 bits per heavy atom. The number of rotatable bonds is 5. The molecule has 0 saturated carbocycles. The Hall–Kier alpha value is -3.03. The summed E-state index contributed by atoms with van der Waals surface area (Å²) in [5.74, 6) is -0.377. The minimum atomic E-state index is -0.546. The van der Waals surface area contributed by atoms with Gasteiger partial charge in [-0.05, 0) is 42.1 Å². The summed E-state index contributed by atoms with van der Waals surface area (Å²) in [6.07, 6.45) is 0. The van der Waals surface area contributed by atoms with Crippen molar-refractivity contribution in [2.24, 2.45) is 0 Å². The first kappa shape index (κ1) is 16.8. The van der Waals surface area contributed by atoms with Crippen molar-refractivity contribution in [3.05, 3.63) is 64.0 Å². The van der Waals surface area contributed by atoms with Gasteiger partial charge in [0.25, 0.3) is 5.69 Å². The minimum Gasteiger partial charge on any atom is -0.330 e. The lowest BCUT2D eigenvalue weighted by Gasteiger charge is -2.01. The highest BCUT2D eigenvalue weighted by molar-refractivity contribution is 8.01. The average Bonchev–Trinajstić information content (AvgIpc) is 3.02. The monoisotopic (exact) mass is 373 g/mol. The van der Waals surface area contributed by atoms with Crippen LogP contribution in [0.25, 0.3) is 0 Å². The molecule has 0 atom stereocenters. The summed E-state index contributed by atoms with van der Waals surface area (Å²) in [6.45, 7) is 0. The second kappa shape index (κ2) is 7.25. The van der Waals surface area contributed by atoms with E-state index in [0.717, 1.165) is 11.8 Å². The van der Waals surface area contributed by atoms with Crippen LogP contribution in [0.1, 0.15) is 5.56 Å². The Morgan fingerprint density at radius 2 is 2.12 bits per heavy atom.